The molecule has 1 saturated carbocycles. The Balaban J connectivity index is 2.15. The number of aliphatic hydroxyl groups is 1. The molecule has 0 radical (unpaired) electrons. The normalized spacial score (nSPS) is 23.2. The van der Waals surface area contributed by atoms with E-state index in [1.165, 1.54) is 0 Å². The molecule has 0 aliphatic heterocycles. The Kier molecular flexibility index (Phi) is 3.50. The second kappa shape index (κ2) is 4.62. The van der Waals surface area contributed by atoms with Crippen LogP contribution in [0.2, 0.25) is 0 Å². The van der Waals surface area contributed by atoms with Crippen LogP contribution in [0, 0.1) is 11.3 Å². The maximum Gasteiger partial charge on any atom is 0.133 e. The molecule has 94 valence electrons. The second-order valence-electron chi connectivity index (χ2n) is 5.37. The van der Waals surface area contributed by atoms with Gasteiger partial charge in [0.2, 0.25) is 0 Å². The Morgan fingerprint density at radius 1 is 1.53 bits per heavy atom. The molecule has 2 rings (SSSR count). The van der Waals surface area contributed by atoms with Crippen LogP contribution < -0.4 is 4.74 Å². The molecular formula is C14H19BrO2. The fourth-order valence-corrected chi connectivity index (χ4v) is 2.76. The Morgan fingerprint density at radius 2 is 2.18 bits per heavy atom. The predicted molar refractivity (Wildman–Crippen MR) is 72.2 cm³/mol. The lowest BCUT2D eigenvalue weighted by Gasteiger charge is -2.14. The molecule has 2 nitrogen and oxygen atoms in total. The van der Waals surface area contributed by atoms with Gasteiger partial charge in [0.15, 0.2) is 0 Å². The highest BCUT2D eigenvalue weighted by atomic mass is 79.9. The average Bonchev–Trinajstić information content (AvgIpc) is 2.90. The highest BCUT2D eigenvalue weighted by Gasteiger charge is 2.50. The van der Waals surface area contributed by atoms with Gasteiger partial charge in [0, 0.05) is 0 Å². The molecule has 0 bridgehead atoms. The minimum Gasteiger partial charge on any atom is -0.493 e. The van der Waals surface area contributed by atoms with Crippen LogP contribution in [0.4, 0.5) is 0 Å². The fourth-order valence-electron chi connectivity index (χ4n) is 2.25. The zero-order chi connectivity index (χ0) is 12.6. The highest BCUT2D eigenvalue weighted by Crippen LogP contribution is 2.57. The number of benzene rings is 1. The molecule has 1 aromatic rings. The monoisotopic (exact) mass is 298 g/mol. The number of rotatable bonds is 4. The first-order valence-electron chi connectivity index (χ1n) is 6.06. The van der Waals surface area contributed by atoms with Gasteiger partial charge in [-0.1, -0.05) is 19.9 Å². The third-order valence-corrected chi connectivity index (χ3v) is 4.19. The van der Waals surface area contributed by atoms with E-state index >= 15 is 0 Å². The van der Waals surface area contributed by atoms with Crippen LogP contribution in [0.5, 0.6) is 5.75 Å². The van der Waals surface area contributed by atoms with Crippen molar-refractivity contribution >= 4 is 15.9 Å². The SMILES string of the molecule is CCOc1ccc(C(O)C2CC2(C)C)cc1Br. The topological polar surface area (TPSA) is 29.5 Å². The molecule has 17 heavy (non-hydrogen) atoms. The maximum atomic E-state index is 10.3. The smallest absolute Gasteiger partial charge is 0.133 e. The highest BCUT2D eigenvalue weighted by molar-refractivity contribution is 9.10. The van der Waals surface area contributed by atoms with Crippen LogP contribution >= 0.6 is 15.9 Å². The summed E-state index contributed by atoms with van der Waals surface area (Å²) in [5, 5.41) is 10.3. The van der Waals surface area contributed by atoms with Crippen molar-refractivity contribution in [2.24, 2.45) is 11.3 Å². The lowest BCUT2D eigenvalue weighted by Crippen LogP contribution is -2.05. The van der Waals surface area contributed by atoms with E-state index in [1.54, 1.807) is 0 Å². The van der Waals surface area contributed by atoms with Crippen LogP contribution in [0.15, 0.2) is 22.7 Å². The van der Waals surface area contributed by atoms with Gasteiger partial charge in [-0.25, -0.2) is 0 Å². The van der Waals surface area contributed by atoms with Gasteiger partial charge in [-0.3, -0.25) is 0 Å². The molecule has 2 atom stereocenters. The number of aliphatic hydroxyl groups excluding tert-OH is 1. The van der Waals surface area contributed by atoms with Crippen molar-refractivity contribution in [1.29, 1.82) is 0 Å². The van der Waals surface area contributed by atoms with Gasteiger partial charge in [-0.05, 0) is 58.3 Å². The molecule has 1 aliphatic rings. The Bertz CT molecular complexity index is 415. The summed E-state index contributed by atoms with van der Waals surface area (Å²) < 4.78 is 6.37. The summed E-state index contributed by atoms with van der Waals surface area (Å²) in [5.41, 5.74) is 1.25. The zero-order valence-electron chi connectivity index (χ0n) is 10.5. The van der Waals surface area contributed by atoms with Crippen LogP contribution in [-0.2, 0) is 0 Å². The van der Waals surface area contributed by atoms with E-state index < -0.39 is 0 Å². The molecule has 1 fully saturated rings. The minimum atomic E-state index is -0.364. The Labute approximate surface area is 111 Å². The first-order valence-corrected chi connectivity index (χ1v) is 6.85. The van der Waals surface area contributed by atoms with Crippen LogP contribution in [-0.4, -0.2) is 11.7 Å². The summed E-state index contributed by atoms with van der Waals surface area (Å²) in [5.74, 6) is 1.21. The molecule has 0 saturated heterocycles. The summed E-state index contributed by atoms with van der Waals surface area (Å²) in [6, 6.07) is 5.83. The summed E-state index contributed by atoms with van der Waals surface area (Å²) in [7, 11) is 0. The predicted octanol–water partition coefficient (Wildman–Crippen LogP) is 3.93. The number of hydrogen-bond acceptors (Lipinski definition) is 2. The molecule has 3 heteroatoms. The minimum absolute atomic E-state index is 0.282. The van der Waals surface area contributed by atoms with Crippen molar-refractivity contribution in [2.45, 2.75) is 33.3 Å². The lowest BCUT2D eigenvalue weighted by atomic mass is 10.00. The lowest BCUT2D eigenvalue weighted by molar-refractivity contribution is 0.138. The molecule has 0 spiro atoms. The summed E-state index contributed by atoms with van der Waals surface area (Å²) in [4.78, 5) is 0. The largest absolute Gasteiger partial charge is 0.493 e. The van der Waals surface area contributed by atoms with Crippen molar-refractivity contribution in [3.8, 4) is 5.75 Å². The van der Waals surface area contributed by atoms with E-state index in [4.69, 9.17) is 4.74 Å². The molecule has 1 aliphatic carbocycles. The van der Waals surface area contributed by atoms with E-state index in [9.17, 15) is 5.11 Å². The van der Waals surface area contributed by atoms with E-state index in [-0.39, 0.29) is 11.5 Å². The number of ether oxygens (including phenoxy) is 1. The van der Waals surface area contributed by atoms with E-state index in [0.717, 1.165) is 22.2 Å². The molecule has 1 aromatic carbocycles. The van der Waals surface area contributed by atoms with E-state index in [0.29, 0.717) is 12.5 Å². The van der Waals surface area contributed by atoms with Gasteiger partial charge in [-0.2, -0.15) is 0 Å². The van der Waals surface area contributed by atoms with Gasteiger partial charge in [-0.15, -0.1) is 0 Å². The third kappa shape index (κ3) is 2.66. The molecule has 0 heterocycles. The maximum absolute atomic E-state index is 10.3. The fraction of sp³-hybridized carbons (Fsp3) is 0.571. The molecule has 2 unspecified atom stereocenters. The van der Waals surface area contributed by atoms with Crippen LogP contribution in [0.25, 0.3) is 0 Å². The van der Waals surface area contributed by atoms with Gasteiger partial charge in [0.25, 0.3) is 0 Å². The summed E-state index contributed by atoms with van der Waals surface area (Å²) >= 11 is 3.48. The third-order valence-electron chi connectivity index (χ3n) is 3.57. The molecule has 0 amide bonds. The molecule has 0 aromatic heterocycles. The summed E-state index contributed by atoms with van der Waals surface area (Å²) in [6.07, 6.45) is 0.732. The van der Waals surface area contributed by atoms with Crippen LogP contribution in [0.3, 0.4) is 0 Å². The molecule has 1 N–H and O–H groups in total. The Hall–Kier alpha value is -0.540. The van der Waals surface area contributed by atoms with Crippen molar-refractivity contribution in [3.63, 3.8) is 0 Å². The van der Waals surface area contributed by atoms with Crippen molar-refractivity contribution in [2.75, 3.05) is 6.61 Å². The van der Waals surface area contributed by atoms with E-state index in [2.05, 4.69) is 29.8 Å². The van der Waals surface area contributed by atoms with Crippen LogP contribution in [0.1, 0.15) is 38.9 Å². The zero-order valence-corrected chi connectivity index (χ0v) is 12.1. The Morgan fingerprint density at radius 3 is 2.65 bits per heavy atom. The van der Waals surface area contributed by atoms with Crippen molar-refractivity contribution in [3.05, 3.63) is 28.2 Å². The quantitative estimate of drug-likeness (QED) is 0.913. The first kappa shape index (κ1) is 12.9. The average molecular weight is 299 g/mol. The standard InChI is InChI=1S/C14H19BrO2/c1-4-17-12-6-5-9(7-11(12)15)13(16)10-8-14(10,2)3/h5-7,10,13,16H,4,8H2,1-3H3. The first-order chi connectivity index (χ1) is 7.95. The second-order valence-corrected chi connectivity index (χ2v) is 6.22. The van der Waals surface area contributed by atoms with Gasteiger partial charge < -0.3 is 9.84 Å². The van der Waals surface area contributed by atoms with Gasteiger partial charge in [0.1, 0.15) is 5.75 Å². The van der Waals surface area contributed by atoms with Gasteiger partial charge >= 0.3 is 0 Å². The van der Waals surface area contributed by atoms with Crippen molar-refractivity contribution < 1.29 is 9.84 Å². The number of hydrogen-bond donors (Lipinski definition) is 1. The molecular weight excluding hydrogens is 280 g/mol. The van der Waals surface area contributed by atoms with Gasteiger partial charge in [0.05, 0.1) is 17.2 Å². The number of halogens is 1. The van der Waals surface area contributed by atoms with E-state index in [1.807, 2.05) is 25.1 Å². The summed E-state index contributed by atoms with van der Waals surface area (Å²) in [6.45, 7) is 7.01. The van der Waals surface area contributed by atoms with Crippen molar-refractivity contribution in [1.82, 2.24) is 0 Å².